The van der Waals surface area contributed by atoms with Gasteiger partial charge in [-0.1, -0.05) is 49.6 Å². The lowest BCUT2D eigenvalue weighted by Gasteiger charge is -2.42. The van der Waals surface area contributed by atoms with Crippen LogP contribution in [0.3, 0.4) is 0 Å². The molecule has 1 atom stereocenters. The zero-order valence-corrected chi connectivity index (χ0v) is 11.0. The highest BCUT2D eigenvalue weighted by Crippen LogP contribution is 2.49. The second kappa shape index (κ2) is 4.87. The van der Waals surface area contributed by atoms with E-state index in [1.807, 2.05) is 0 Å². The van der Waals surface area contributed by atoms with E-state index in [-0.39, 0.29) is 5.41 Å². The summed E-state index contributed by atoms with van der Waals surface area (Å²) in [5.41, 5.74) is 1.49. The molecule has 1 heteroatoms. The van der Waals surface area contributed by atoms with Crippen LogP contribution >= 0.6 is 0 Å². The molecule has 1 aromatic rings. The first-order valence-electron chi connectivity index (χ1n) is 7.38. The number of hydrogen-bond donors (Lipinski definition) is 0. The van der Waals surface area contributed by atoms with Gasteiger partial charge in [-0.15, -0.1) is 0 Å². The quantitative estimate of drug-likeness (QED) is 0.710. The standard InChI is InChI=1S/C17H22O/c18-16-10-9-15(14-7-3-1-4-8-14)13-17(16)11-5-2-6-12-17/h1,3-4,7-8,15H,2,5-6,9-13H2. The van der Waals surface area contributed by atoms with E-state index < -0.39 is 0 Å². The van der Waals surface area contributed by atoms with E-state index in [9.17, 15) is 4.79 Å². The molecule has 1 aromatic carbocycles. The van der Waals surface area contributed by atoms with Crippen molar-refractivity contribution in [2.45, 2.75) is 57.3 Å². The Bertz CT molecular complexity index is 414. The predicted molar refractivity (Wildman–Crippen MR) is 73.6 cm³/mol. The Kier molecular flexibility index (Phi) is 3.23. The minimum absolute atomic E-state index is 0.0526. The molecule has 0 bridgehead atoms. The summed E-state index contributed by atoms with van der Waals surface area (Å²) in [4.78, 5) is 12.3. The van der Waals surface area contributed by atoms with Crippen molar-refractivity contribution in [2.24, 2.45) is 5.41 Å². The minimum atomic E-state index is 0.0526. The highest BCUT2D eigenvalue weighted by molar-refractivity contribution is 5.86. The number of Topliss-reactive ketones (excluding diaryl/α,β-unsaturated/α-hetero) is 1. The summed E-state index contributed by atoms with van der Waals surface area (Å²) in [5, 5.41) is 0. The minimum Gasteiger partial charge on any atom is -0.299 e. The van der Waals surface area contributed by atoms with E-state index in [0.29, 0.717) is 11.7 Å². The van der Waals surface area contributed by atoms with Crippen molar-refractivity contribution in [2.75, 3.05) is 0 Å². The van der Waals surface area contributed by atoms with Crippen molar-refractivity contribution in [3.05, 3.63) is 35.9 Å². The molecule has 0 aliphatic heterocycles. The molecule has 0 radical (unpaired) electrons. The number of hydrogen-bond acceptors (Lipinski definition) is 1. The Morgan fingerprint density at radius 1 is 1.00 bits per heavy atom. The second-order valence-electron chi connectivity index (χ2n) is 6.11. The molecule has 1 nitrogen and oxygen atoms in total. The van der Waals surface area contributed by atoms with Gasteiger partial charge in [-0.2, -0.15) is 0 Å². The van der Waals surface area contributed by atoms with Gasteiger partial charge in [0.05, 0.1) is 0 Å². The summed E-state index contributed by atoms with van der Waals surface area (Å²) < 4.78 is 0. The van der Waals surface area contributed by atoms with Gasteiger partial charge in [-0.3, -0.25) is 4.79 Å². The second-order valence-corrected chi connectivity index (χ2v) is 6.11. The molecule has 2 fully saturated rings. The summed E-state index contributed by atoms with van der Waals surface area (Å²) in [6.45, 7) is 0. The van der Waals surface area contributed by atoms with Crippen LogP contribution in [0.4, 0.5) is 0 Å². The van der Waals surface area contributed by atoms with Crippen molar-refractivity contribution in [3.63, 3.8) is 0 Å². The maximum atomic E-state index is 12.3. The largest absolute Gasteiger partial charge is 0.299 e. The smallest absolute Gasteiger partial charge is 0.139 e. The van der Waals surface area contributed by atoms with Crippen molar-refractivity contribution in [1.29, 1.82) is 0 Å². The Labute approximate surface area is 110 Å². The van der Waals surface area contributed by atoms with E-state index in [0.717, 1.165) is 32.1 Å². The van der Waals surface area contributed by atoms with Crippen LogP contribution in [0.25, 0.3) is 0 Å². The van der Waals surface area contributed by atoms with Gasteiger partial charge in [0.15, 0.2) is 0 Å². The highest BCUT2D eigenvalue weighted by atomic mass is 16.1. The lowest BCUT2D eigenvalue weighted by molar-refractivity contribution is -0.134. The van der Waals surface area contributed by atoms with Crippen LogP contribution in [-0.4, -0.2) is 5.78 Å². The monoisotopic (exact) mass is 242 g/mol. The Morgan fingerprint density at radius 3 is 2.44 bits per heavy atom. The average Bonchev–Trinajstić information content (AvgIpc) is 2.44. The predicted octanol–water partition coefficient (Wildman–Crippen LogP) is 4.47. The van der Waals surface area contributed by atoms with Crippen molar-refractivity contribution in [3.8, 4) is 0 Å². The van der Waals surface area contributed by atoms with E-state index in [1.54, 1.807) is 0 Å². The molecule has 0 N–H and O–H groups in total. The normalized spacial score (nSPS) is 27.3. The molecule has 2 aliphatic rings. The molecule has 1 spiro atoms. The average molecular weight is 242 g/mol. The van der Waals surface area contributed by atoms with Gasteiger partial charge in [0, 0.05) is 11.8 Å². The number of ketones is 1. The zero-order valence-electron chi connectivity index (χ0n) is 11.0. The van der Waals surface area contributed by atoms with Gasteiger partial charge in [0.2, 0.25) is 0 Å². The fourth-order valence-corrected chi connectivity index (χ4v) is 3.98. The first-order chi connectivity index (χ1) is 8.80. The molecule has 0 saturated heterocycles. The molecule has 2 saturated carbocycles. The first kappa shape index (κ1) is 12.0. The van der Waals surface area contributed by atoms with Gasteiger partial charge in [-0.05, 0) is 37.2 Å². The summed E-state index contributed by atoms with van der Waals surface area (Å²) in [5.74, 6) is 1.18. The Balaban J connectivity index is 1.82. The fraction of sp³-hybridized carbons (Fsp3) is 0.588. The summed E-state index contributed by atoms with van der Waals surface area (Å²) in [7, 11) is 0. The molecule has 18 heavy (non-hydrogen) atoms. The van der Waals surface area contributed by atoms with Crippen molar-refractivity contribution < 1.29 is 4.79 Å². The molecular formula is C17H22O. The zero-order chi connectivity index (χ0) is 12.4. The fourth-order valence-electron chi connectivity index (χ4n) is 3.98. The molecule has 0 aromatic heterocycles. The number of benzene rings is 1. The van der Waals surface area contributed by atoms with Gasteiger partial charge in [0.25, 0.3) is 0 Å². The topological polar surface area (TPSA) is 17.1 Å². The SMILES string of the molecule is O=C1CCC(c2ccccc2)CC12CCCCC2. The Hall–Kier alpha value is -1.11. The lowest BCUT2D eigenvalue weighted by atomic mass is 9.61. The van der Waals surface area contributed by atoms with Gasteiger partial charge in [-0.25, -0.2) is 0 Å². The van der Waals surface area contributed by atoms with Crippen LogP contribution in [0.15, 0.2) is 30.3 Å². The molecule has 1 unspecified atom stereocenters. The maximum absolute atomic E-state index is 12.3. The van der Waals surface area contributed by atoms with Crippen LogP contribution in [0, 0.1) is 5.41 Å². The molecular weight excluding hydrogens is 220 g/mol. The van der Waals surface area contributed by atoms with Crippen LogP contribution in [0.5, 0.6) is 0 Å². The third-order valence-electron chi connectivity index (χ3n) is 5.03. The molecule has 3 rings (SSSR count). The van der Waals surface area contributed by atoms with Crippen LogP contribution in [0.2, 0.25) is 0 Å². The van der Waals surface area contributed by atoms with Gasteiger partial charge < -0.3 is 0 Å². The van der Waals surface area contributed by atoms with Crippen LogP contribution in [-0.2, 0) is 4.79 Å². The number of rotatable bonds is 1. The summed E-state index contributed by atoms with van der Waals surface area (Å²) >= 11 is 0. The van der Waals surface area contributed by atoms with E-state index >= 15 is 0 Å². The van der Waals surface area contributed by atoms with Gasteiger partial charge in [0.1, 0.15) is 5.78 Å². The van der Waals surface area contributed by atoms with E-state index in [1.165, 1.54) is 24.8 Å². The highest BCUT2D eigenvalue weighted by Gasteiger charge is 2.43. The van der Waals surface area contributed by atoms with Crippen LogP contribution < -0.4 is 0 Å². The summed E-state index contributed by atoms with van der Waals surface area (Å²) in [6.07, 6.45) is 9.11. The molecule has 2 aliphatic carbocycles. The third-order valence-corrected chi connectivity index (χ3v) is 5.03. The van der Waals surface area contributed by atoms with Crippen LogP contribution in [0.1, 0.15) is 62.8 Å². The van der Waals surface area contributed by atoms with E-state index in [4.69, 9.17) is 0 Å². The number of carbonyl (C=O) groups is 1. The third kappa shape index (κ3) is 2.11. The lowest BCUT2D eigenvalue weighted by Crippen LogP contribution is -2.38. The maximum Gasteiger partial charge on any atom is 0.139 e. The summed E-state index contributed by atoms with van der Waals surface area (Å²) in [6, 6.07) is 10.8. The van der Waals surface area contributed by atoms with Gasteiger partial charge >= 0.3 is 0 Å². The first-order valence-corrected chi connectivity index (χ1v) is 7.38. The molecule has 96 valence electrons. The van der Waals surface area contributed by atoms with Crippen molar-refractivity contribution in [1.82, 2.24) is 0 Å². The Morgan fingerprint density at radius 2 is 1.72 bits per heavy atom. The molecule has 0 heterocycles. The van der Waals surface area contributed by atoms with Crippen molar-refractivity contribution >= 4 is 5.78 Å². The van der Waals surface area contributed by atoms with E-state index in [2.05, 4.69) is 30.3 Å². The molecule has 0 amide bonds. The number of carbonyl (C=O) groups excluding carboxylic acids is 1.